The average Bonchev–Trinajstić information content (AvgIpc) is 3.03. The van der Waals surface area contributed by atoms with Crippen LogP contribution in [0.1, 0.15) is 33.5 Å². The number of rotatable bonds is 3. The molecule has 1 aliphatic rings. The van der Waals surface area contributed by atoms with Crippen molar-refractivity contribution in [2.24, 2.45) is 5.92 Å². The summed E-state index contributed by atoms with van der Waals surface area (Å²) < 4.78 is 5.16. The normalized spacial score (nSPS) is 15.7. The van der Waals surface area contributed by atoms with Crippen LogP contribution in [-0.2, 0) is 12.8 Å². The molecule has 0 fully saturated rings. The highest BCUT2D eigenvalue weighted by atomic mass is 35.5. The van der Waals surface area contributed by atoms with Gasteiger partial charge in [0.15, 0.2) is 0 Å². The number of hydrogen-bond donors (Lipinski definition) is 3. The summed E-state index contributed by atoms with van der Waals surface area (Å²) >= 11 is 7.42. The highest BCUT2D eigenvalue weighted by Crippen LogP contribution is 2.32. The van der Waals surface area contributed by atoms with Gasteiger partial charge in [0, 0.05) is 9.90 Å². The van der Waals surface area contributed by atoms with Gasteiger partial charge in [0.05, 0.1) is 17.7 Å². The predicted molar refractivity (Wildman–Crippen MR) is 103 cm³/mol. The Hall–Kier alpha value is -2.25. The highest BCUT2D eigenvalue weighted by molar-refractivity contribution is 7.14. The largest absolute Gasteiger partial charge is 0.495 e. The second-order valence-electron chi connectivity index (χ2n) is 6.28. The molecule has 0 unspecified atom stereocenters. The maximum absolute atomic E-state index is 12.3. The van der Waals surface area contributed by atoms with Gasteiger partial charge in [0.1, 0.15) is 5.75 Å². The molecule has 2 aromatic rings. The lowest BCUT2D eigenvalue weighted by Crippen LogP contribution is -2.43. The fourth-order valence-electron chi connectivity index (χ4n) is 2.89. The summed E-state index contributed by atoms with van der Waals surface area (Å²) in [7, 11) is 1.49. The predicted octanol–water partition coefficient (Wildman–Crippen LogP) is 4.00. The number of amides is 3. The highest BCUT2D eigenvalue weighted by Gasteiger charge is 2.21. The third kappa shape index (κ3) is 4.28. The van der Waals surface area contributed by atoms with Crippen LogP contribution in [0.5, 0.6) is 5.75 Å². The topological polar surface area (TPSA) is 79.5 Å². The van der Waals surface area contributed by atoms with Gasteiger partial charge >= 0.3 is 6.03 Å². The third-order valence-corrected chi connectivity index (χ3v) is 5.69. The molecule has 3 rings (SSSR count). The van der Waals surface area contributed by atoms with Crippen molar-refractivity contribution in [3.05, 3.63) is 44.6 Å². The van der Waals surface area contributed by atoms with Crippen molar-refractivity contribution in [1.82, 2.24) is 10.9 Å². The summed E-state index contributed by atoms with van der Waals surface area (Å²) in [5.74, 6) is 0.787. The van der Waals surface area contributed by atoms with E-state index in [2.05, 4.69) is 23.1 Å². The number of methoxy groups -OCH3 is 1. The number of urea groups is 1. The third-order valence-electron chi connectivity index (χ3n) is 4.26. The Kier molecular flexibility index (Phi) is 5.68. The number of hydrazine groups is 1. The molecule has 0 saturated heterocycles. The number of fused-ring (bicyclic) bond motifs is 1. The van der Waals surface area contributed by atoms with E-state index >= 15 is 0 Å². The van der Waals surface area contributed by atoms with Crippen LogP contribution < -0.4 is 20.9 Å². The second kappa shape index (κ2) is 7.97. The lowest BCUT2D eigenvalue weighted by molar-refractivity contribution is 0.0942. The number of aryl methyl sites for hydroxylation is 1. The first-order chi connectivity index (χ1) is 12.5. The molecule has 1 aliphatic carbocycles. The smallest absolute Gasteiger partial charge is 0.338 e. The molecule has 8 heteroatoms. The van der Waals surface area contributed by atoms with Crippen LogP contribution >= 0.6 is 22.9 Å². The number of halogens is 1. The molecular weight excluding hydrogens is 374 g/mol. The van der Waals surface area contributed by atoms with Gasteiger partial charge in [-0.15, -0.1) is 11.3 Å². The first-order valence-electron chi connectivity index (χ1n) is 8.28. The van der Waals surface area contributed by atoms with Gasteiger partial charge in [-0.25, -0.2) is 10.2 Å². The van der Waals surface area contributed by atoms with Crippen molar-refractivity contribution in [2.75, 3.05) is 12.4 Å². The molecule has 3 N–H and O–H groups in total. The molecular formula is C18H20ClN3O3S. The van der Waals surface area contributed by atoms with E-state index in [-0.39, 0.29) is 5.91 Å². The average molecular weight is 394 g/mol. The van der Waals surface area contributed by atoms with Gasteiger partial charge in [-0.2, -0.15) is 0 Å². The molecule has 1 heterocycles. The van der Waals surface area contributed by atoms with E-state index in [0.717, 1.165) is 19.3 Å². The van der Waals surface area contributed by atoms with Gasteiger partial charge < -0.3 is 10.1 Å². The van der Waals surface area contributed by atoms with E-state index < -0.39 is 6.03 Å². The van der Waals surface area contributed by atoms with E-state index in [9.17, 15) is 9.59 Å². The van der Waals surface area contributed by atoms with Gasteiger partial charge in [-0.1, -0.05) is 18.5 Å². The zero-order chi connectivity index (χ0) is 18.7. The van der Waals surface area contributed by atoms with Gasteiger partial charge in [-0.3, -0.25) is 10.2 Å². The molecule has 1 atom stereocenters. The Labute approximate surface area is 160 Å². The van der Waals surface area contributed by atoms with Crippen LogP contribution in [0.3, 0.4) is 0 Å². The number of nitrogens with one attached hydrogen (secondary N) is 3. The summed E-state index contributed by atoms with van der Waals surface area (Å²) in [5, 5.41) is 3.05. The molecule has 0 aliphatic heterocycles. The zero-order valence-electron chi connectivity index (χ0n) is 14.5. The number of benzene rings is 1. The van der Waals surface area contributed by atoms with E-state index in [1.54, 1.807) is 18.2 Å². The summed E-state index contributed by atoms with van der Waals surface area (Å²) in [6.45, 7) is 2.22. The van der Waals surface area contributed by atoms with E-state index in [0.29, 0.717) is 27.3 Å². The quantitative estimate of drug-likeness (QED) is 0.689. The van der Waals surface area contributed by atoms with Crippen molar-refractivity contribution in [2.45, 2.75) is 26.2 Å². The standard InChI is InChI=1S/C18H20ClN3O3S/c1-10-3-4-11-8-16(26-15(11)7-10)17(23)21-22-18(24)20-13-9-12(19)5-6-14(13)25-2/h5-6,8-10H,3-4,7H2,1-2H3,(H,21,23)(H2,20,22,24)/t10-/m1/s1. The van der Waals surface area contributed by atoms with Crippen molar-refractivity contribution in [1.29, 1.82) is 0 Å². The number of carbonyl (C=O) groups excluding carboxylic acids is 2. The van der Waals surface area contributed by atoms with Crippen LogP contribution in [0.15, 0.2) is 24.3 Å². The summed E-state index contributed by atoms with van der Waals surface area (Å²) in [6.07, 6.45) is 3.16. The number of ether oxygens (including phenoxy) is 1. The molecule has 1 aromatic carbocycles. The van der Waals surface area contributed by atoms with Crippen LogP contribution in [-0.4, -0.2) is 19.0 Å². The van der Waals surface area contributed by atoms with Crippen LogP contribution in [0.4, 0.5) is 10.5 Å². The van der Waals surface area contributed by atoms with E-state index in [4.69, 9.17) is 16.3 Å². The fraction of sp³-hybridized carbons (Fsp3) is 0.333. The molecule has 26 heavy (non-hydrogen) atoms. The van der Waals surface area contributed by atoms with Crippen molar-refractivity contribution < 1.29 is 14.3 Å². The Morgan fingerprint density at radius 1 is 1.27 bits per heavy atom. The Morgan fingerprint density at radius 2 is 2.08 bits per heavy atom. The monoisotopic (exact) mass is 393 g/mol. The number of carbonyl (C=O) groups is 2. The SMILES string of the molecule is COc1ccc(Cl)cc1NC(=O)NNC(=O)c1cc2c(s1)C[C@H](C)CC2. The summed E-state index contributed by atoms with van der Waals surface area (Å²) in [5.41, 5.74) is 6.43. The molecule has 0 bridgehead atoms. The van der Waals surface area contributed by atoms with Gasteiger partial charge in [-0.05, 0) is 55.0 Å². The maximum atomic E-state index is 12.3. The first kappa shape index (κ1) is 18.5. The number of hydrogen-bond acceptors (Lipinski definition) is 4. The van der Waals surface area contributed by atoms with Gasteiger partial charge in [0.25, 0.3) is 5.91 Å². The summed E-state index contributed by atoms with van der Waals surface area (Å²) in [6, 6.07) is 6.20. The number of anilines is 1. The molecule has 6 nitrogen and oxygen atoms in total. The maximum Gasteiger partial charge on any atom is 0.338 e. The molecule has 138 valence electrons. The minimum Gasteiger partial charge on any atom is -0.495 e. The number of thiophene rings is 1. The fourth-order valence-corrected chi connectivity index (χ4v) is 4.33. The van der Waals surface area contributed by atoms with Crippen LogP contribution in [0.2, 0.25) is 5.02 Å². The molecule has 1 aromatic heterocycles. The van der Waals surface area contributed by atoms with E-state index in [1.165, 1.54) is 28.9 Å². The first-order valence-corrected chi connectivity index (χ1v) is 9.48. The van der Waals surface area contributed by atoms with Crippen molar-refractivity contribution >= 4 is 40.6 Å². The lowest BCUT2D eigenvalue weighted by Gasteiger charge is -2.16. The zero-order valence-corrected chi connectivity index (χ0v) is 16.1. The second-order valence-corrected chi connectivity index (χ2v) is 7.86. The van der Waals surface area contributed by atoms with E-state index in [1.807, 2.05) is 6.07 Å². The lowest BCUT2D eigenvalue weighted by atomic mass is 9.90. The Balaban J connectivity index is 1.58. The molecule has 0 saturated carbocycles. The summed E-state index contributed by atoms with van der Waals surface area (Å²) in [4.78, 5) is 26.2. The van der Waals surface area contributed by atoms with Crippen molar-refractivity contribution in [3.8, 4) is 5.75 Å². The van der Waals surface area contributed by atoms with Crippen LogP contribution in [0.25, 0.3) is 0 Å². The molecule has 3 amide bonds. The minimum absolute atomic E-state index is 0.328. The molecule has 0 spiro atoms. The van der Waals surface area contributed by atoms with Crippen molar-refractivity contribution in [3.63, 3.8) is 0 Å². The van der Waals surface area contributed by atoms with Gasteiger partial charge in [0.2, 0.25) is 0 Å². The van der Waals surface area contributed by atoms with Crippen LogP contribution in [0, 0.1) is 5.92 Å². The Bertz CT molecular complexity index is 837. The molecule has 0 radical (unpaired) electrons. The minimum atomic E-state index is -0.589. The Morgan fingerprint density at radius 3 is 2.85 bits per heavy atom.